The van der Waals surface area contributed by atoms with Crippen LogP contribution in [0.5, 0.6) is 0 Å². The van der Waals surface area contributed by atoms with E-state index in [9.17, 15) is 18.0 Å². The number of halogens is 3. The lowest BCUT2D eigenvalue weighted by molar-refractivity contribution is -0.154. The Balaban J connectivity index is 2.66. The Morgan fingerprint density at radius 3 is 2.16 bits per heavy atom. The monoisotopic (exact) mass is 276 g/mol. The zero-order chi connectivity index (χ0) is 14.6. The maximum atomic E-state index is 12.3. The van der Waals surface area contributed by atoms with Crippen LogP contribution in [0.25, 0.3) is 0 Å². The van der Waals surface area contributed by atoms with Crippen LogP contribution in [0.4, 0.5) is 13.2 Å². The van der Waals surface area contributed by atoms with Gasteiger partial charge in [-0.15, -0.1) is 0 Å². The lowest BCUT2D eigenvalue weighted by Gasteiger charge is -2.17. The fourth-order valence-corrected chi connectivity index (χ4v) is 1.52. The van der Waals surface area contributed by atoms with E-state index in [2.05, 4.69) is 0 Å². The van der Waals surface area contributed by atoms with E-state index in [1.165, 1.54) is 12.1 Å². The molecule has 0 aliphatic rings. The highest BCUT2D eigenvalue weighted by molar-refractivity contribution is 5.72. The summed E-state index contributed by atoms with van der Waals surface area (Å²) in [7, 11) is 0. The van der Waals surface area contributed by atoms with Crippen molar-refractivity contribution in [3.8, 4) is 0 Å². The van der Waals surface area contributed by atoms with Crippen LogP contribution in [-0.4, -0.2) is 17.2 Å². The molecule has 0 bridgehead atoms. The minimum Gasteiger partial charge on any atom is -0.479 e. The standard InChI is InChI=1S/C13H15F3O3/c1-8(2)11(12(17)18)19-7-9-3-5-10(6-4-9)13(14,15)16/h3-6,8,11H,7H2,1-2H3,(H,17,18). The number of carboxylic acid groups (broad SMARTS) is 1. The topological polar surface area (TPSA) is 46.5 Å². The SMILES string of the molecule is CC(C)C(OCc1ccc(C(F)(F)F)cc1)C(=O)O. The molecule has 3 nitrogen and oxygen atoms in total. The highest BCUT2D eigenvalue weighted by Gasteiger charge is 2.30. The van der Waals surface area contributed by atoms with Crippen LogP contribution in [0.2, 0.25) is 0 Å². The van der Waals surface area contributed by atoms with Crippen LogP contribution >= 0.6 is 0 Å². The summed E-state index contributed by atoms with van der Waals surface area (Å²) in [5.41, 5.74) is -0.241. The highest BCUT2D eigenvalue weighted by Crippen LogP contribution is 2.29. The van der Waals surface area contributed by atoms with Gasteiger partial charge in [-0.1, -0.05) is 26.0 Å². The number of alkyl halides is 3. The van der Waals surface area contributed by atoms with Gasteiger partial charge in [-0.2, -0.15) is 13.2 Å². The minimum absolute atomic E-state index is 0.0344. The number of benzene rings is 1. The molecule has 1 N–H and O–H groups in total. The Hall–Kier alpha value is -1.56. The van der Waals surface area contributed by atoms with Crippen molar-refractivity contribution in [3.05, 3.63) is 35.4 Å². The van der Waals surface area contributed by atoms with E-state index in [1.807, 2.05) is 0 Å². The summed E-state index contributed by atoms with van der Waals surface area (Å²) < 4.78 is 42.2. The van der Waals surface area contributed by atoms with E-state index >= 15 is 0 Å². The molecule has 0 aromatic heterocycles. The summed E-state index contributed by atoms with van der Waals surface area (Å²) in [6, 6.07) is 4.46. The van der Waals surface area contributed by atoms with Crippen molar-refractivity contribution >= 4 is 5.97 Å². The van der Waals surface area contributed by atoms with Gasteiger partial charge in [-0.05, 0) is 23.6 Å². The third-order valence-corrected chi connectivity index (χ3v) is 2.56. The first-order valence-corrected chi connectivity index (χ1v) is 5.72. The lowest BCUT2D eigenvalue weighted by Crippen LogP contribution is -2.29. The van der Waals surface area contributed by atoms with Crippen molar-refractivity contribution in [2.45, 2.75) is 32.7 Å². The van der Waals surface area contributed by atoms with E-state index in [0.29, 0.717) is 5.56 Å². The number of hydrogen-bond acceptors (Lipinski definition) is 2. The van der Waals surface area contributed by atoms with Gasteiger partial charge in [0.2, 0.25) is 0 Å². The number of rotatable bonds is 5. The number of aliphatic carboxylic acids is 1. The van der Waals surface area contributed by atoms with Crippen LogP contribution in [-0.2, 0) is 22.3 Å². The summed E-state index contributed by atoms with van der Waals surface area (Å²) in [4.78, 5) is 10.9. The second kappa shape index (κ2) is 6.06. The predicted octanol–water partition coefficient (Wildman–Crippen LogP) is 3.33. The average Bonchev–Trinajstić information content (AvgIpc) is 2.27. The van der Waals surface area contributed by atoms with Crippen molar-refractivity contribution in [2.75, 3.05) is 0 Å². The van der Waals surface area contributed by atoms with Crippen molar-refractivity contribution in [1.82, 2.24) is 0 Å². The third-order valence-electron chi connectivity index (χ3n) is 2.56. The molecule has 1 aromatic rings. The number of hydrogen-bond donors (Lipinski definition) is 1. The van der Waals surface area contributed by atoms with Gasteiger partial charge in [0.15, 0.2) is 6.10 Å². The number of carboxylic acids is 1. The minimum atomic E-state index is -4.37. The van der Waals surface area contributed by atoms with E-state index in [4.69, 9.17) is 9.84 Å². The summed E-state index contributed by atoms with van der Waals surface area (Å²) >= 11 is 0. The molecule has 0 aliphatic carbocycles. The smallest absolute Gasteiger partial charge is 0.416 e. The zero-order valence-electron chi connectivity index (χ0n) is 10.6. The quantitative estimate of drug-likeness (QED) is 0.897. The lowest BCUT2D eigenvalue weighted by atomic mass is 10.1. The summed E-state index contributed by atoms with van der Waals surface area (Å²) in [5, 5.41) is 8.90. The van der Waals surface area contributed by atoms with Gasteiger partial charge in [0, 0.05) is 0 Å². The molecule has 0 fully saturated rings. The maximum absolute atomic E-state index is 12.3. The Morgan fingerprint density at radius 2 is 1.79 bits per heavy atom. The largest absolute Gasteiger partial charge is 0.479 e. The average molecular weight is 276 g/mol. The Kier molecular flexibility index (Phi) is 4.94. The van der Waals surface area contributed by atoms with Gasteiger partial charge < -0.3 is 9.84 Å². The number of carbonyl (C=O) groups is 1. The highest BCUT2D eigenvalue weighted by atomic mass is 19.4. The first kappa shape index (κ1) is 15.5. The molecule has 1 unspecified atom stereocenters. The molecular formula is C13H15F3O3. The predicted molar refractivity (Wildman–Crippen MR) is 62.5 cm³/mol. The molecule has 1 aromatic carbocycles. The molecule has 1 rings (SSSR count). The summed E-state index contributed by atoms with van der Waals surface area (Å²) in [6.07, 6.45) is -5.34. The molecule has 6 heteroatoms. The van der Waals surface area contributed by atoms with Gasteiger partial charge in [-0.3, -0.25) is 0 Å². The molecule has 0 radical (unpaired) electrons. The molecular weight excluding hydrogens is 261 g/mol. The Morgan fingerprint density at radius 1 is 1.26 bits per heavy atom. The number of ether oxygens (including phenoxy) is 1. The van der Waals surface area contributed by atoms with Crippen LogP contribution in [0.3, 0.4) is 0 Å². The van der Waals surface area contributed by atoms with Crippen molar-refractivity contribution in [2.24, 2.45) is 5.92 Å². The van der Waals surface area contributed by atoms with Gasteiger partial charge >= 0.3 is 12.1 Å². The molecule has 0 spiro atoms. The molecule has 1 atom stereocenters. The normalized spacial score (nSPS) is 13.6. The van der Waals surface area contributed by atoms with Crippen LogP contribution < -0.4 is 0 Å². The molecule has 0 saturated carbocycles. The molecule has 0 heterocycles. The third kappa shape index (κ3) is 4.55. The first-order valence-electron chi connectivity index (χ1n) is 5.72. The van der Waals surface area contributed by atoms with E-state index in [1.54, 1.807) is 13.8 Å². The molecule has 0 saturated heterocycles. The zero-order valence-corrected chi connectivity index (χ0v) is 10.6. The van der Waals surface area contributed by atoms with Crippen molar-refractivity contribution in [1.29, 1.82) is 0 Å². The summed E-state index contributed by atoms with van der Waals surface area (Å²) in [5.74, 6) is -1.30. The van der Waals surface area contributed by atoms with Crippen LogP contribution in [0, 0.1) is 5.92 Å². The van der Waals surface area contributed by atoms with Crippen LogP contribution in [0.15, 0.2) is 24.3 Å². The Labute approximate surface area is 109 Å². The van der Waals surface area contributed by atoms with Crippen molar-refractivity contribution in [3.63, 3.8) is 0 Å². The first-order chi connectivity index (χ1) is 8.71. The fraction of sp³-hybridized carbons (Fsp3) is 0.462. The maximum Gasteiger partial charge on any atom is 0.416 e. The van der Waals surface area contributed by atoms with Gasteiger partial charge in [0.05, 0.1) is 12.2 Å². The van der Waals surface area contributed by atoms with E-state index in [-0.39, 0.29) is 12.5 Å². The second-order valence-corrected chi connectivity index (χ2v) is 4.51. The molecule has 106 valence electrons. The molecule has 0 amide bonds. The van der Waals surface area contributed by atoms with Gasteiger partial charge in [-0.25, -0.2) is 4.79 Å². The second-order valence-electron chi connectivity index (χ2n) is 4.51. The fourth-order valence-electron chi connectivity index (χ4n) is 1.52. The van der Waals surface area contributed by atoms with Gasteiger partial charge in [0.1, 0.15) is 0 Å². The molecule has 0 aliphatic heterocycles. The van der Waals surface area contributed by atoms with Crippen molar-refractivity contribution < 1.29 is 27.8 Å². The van der Waals surface area contributed by atoms with E-state index < -0.39 is 23.8 Å². The van der Waals surface area contributed by atoms with Gasteiger partial charge in [0.25, 0.3) is 0 Å². The van der Waals surface area contributed by atoms with Crippen LogP contribution in [0.1, 0.15) is 25.0 Å². The van der Waals surface area contributed by atoms with E-state index in [0.717, 1.165) is 12.1 Å². The Bertz CT molecular complexity index is 424. The summed E-state index contributed by atoms with van der Waals surface area (Å²) in [6.45, 7) is 3.37. The molecule has 19 heavy (non-hydrogen) atoms.